The van der Waals surface area contributed by atoms with Crippen molar-refractivity contribution in [3.05, 3.63) is 54.1 Å². The molecule has 23 heavy (non-hydrogen) atoms. The lowest BCUT2D eigenvalue weighted by molar-refractivity contribution is 0.275. The van der Waals surface area contributed by atoms with E-state index in [4.69, 9.17) is 4.74 Å². The highest BCUT2D eigenvalue weighted by molar-refractivity contribution is 5.64. The van der Waals surface area contributed by atoms with Gasteiger partial charge in [0.15, 0.2) is 17.4 Å². The van der Waals surface area contributed by atoms with Gasteiger partial charge in [0, 0.05) is 0 Å². The van der Waals surface area contributed by atoms with Crippen molar-refractivity contribution in [3.8, 4) is 16.9 Å². The molecule has 2 rings (SSSR count). The second-order valence-electron chi connectivity index (χ2n) is 5.75. The third-order valence-corrected chi connectivity index (χ3v) is 3.85. The van der Waals surface area contributed by atoms with Gasteiger partial charge in [0.05, 0.1) is 6.61 Å². The fourth-order valence-corrected chi connectivity index (χ4v) is 2.55. The Bertz CT molecular complexity index is 573. The van der Waals surface area contributed by atoms with Crippen LogP contribution in [0.3, 0.4) is 0 Å². The maximum absolute atomic E-state index is 14.1. The van der Waals surface area contributed by atoms with Crippen LogP contribution in [0.1, 0.15) is 45.4 Å². The SMILES string of the molecule is CCCCCCCCOc1c(F)cc(-c2ccccc2)cc1F. The summed E-state index contributed by atoms with van der Waals surface area (Å²) in [6, 6.07) is 11.9. The Morgan fingerprint density at radius 1 is 0.783 bits per heavy atom. The monoisotopic (exact) mass is 318 g/mol. The van der Waals surface area contributed by atoms with Crippen molar-refractivity contribution >= 4 is 0 Å². The van der Waals surface area contributed by atoms with Gasteiger partial charge in [0.1, 0.15) is 0 Å². The van der Waals surface area contributed by atoms with Crippen molar-refractivity contribution < 1.29 is 13.5 Å². The van der Waals surface area contributed by atoms with Crippen molar-refractivity contribution in [2.75, 3.05) is 6.61 Å². The summed E-state index contributed by atoms with van der Waals surface area (Å²) < 4.78 is 33.5. The summed E-state index contributed by atoms with van der Waals surface area (Å²) in [5.41, 5.74) is 1.31. The highest BCUT2D eigenvalue weighted by Gasteiger charge is 2.13. The summed E-state index contributed by atoms with van der Waals surface area (Å²) in [5, 5.41) is 0. The largest absolute Gasteiger partial charge is 0.488 e. The van der Waals surface area contributed by atoms with E-state index < -0.39 is 11.6 Å². The van der Waals surface area contributed by atoms with Crippen LogP contribution in [-0.4, -0.2) is 6.61 Å². The maximum atomic E-state index is 14.1. The van der Waals surface area contributed by atoms with Crippen LogP contribution in [0.4, 0.5) is 8.78 Å². The molecule has 0 unspecified atom stereocenters. The molecule has 0 saturated carbocycles. The van der Waals surface area contributed by atoms with E-state index in [-0.39, 0.29) is 5.75 Å². The van der Waals surface area contributed by atoms with Crippen molar-refractivity contribution in [1.29, 1.82) is 0 Å². The minimum Gasteiger partial charge on any atom is -0.488 e. The molecule has 0 aliphatic rings. The highest BCUT2D eigenvalue weighted by Crippen LogP contribution is 2.29. The Kier molecular flexibility index (Phi) is 7.05. The van der Waals surface area contributed by atoms with Crippen molar-refractivity contribution in [1.82, 2.24) is 0 Å². The molecule has 0 aliphatic carbocycles. The average Bonchev–Trinajstić information content (AvgIpc) is 2.56. The molecule has 3 heteroatoms. The Labute approximate surface area is 137 Å². The predicted molar refractivity (Wildman–Crippen MR) is 90.7 cm³/mol. The normalized spacial score (nSPS) is 10.7. The Morgan fingerprint density at radius 2 is 1.39 bits per heavy atom. The summed E-state index contributed by atoms with van der Waals surface area (Å²) >= 11 is 0. The first-order valence-electron chi connectivity index (χ1n) is 8.39. The van der Waals surface area contributed by atoms with Gasteiger partial charge in [0.25, 0.3) is 0 Å². The lowest BCUT2D eigenvalue weighted by Gasteiger charge is -2.10. The minimum absolute atomic E-state index is 0.266. The van der Waals surface area contributed by atoms with Crippen molar-refractivity contribution in [2.24, 2.45) is 0 Å². The van der Waals surface area contributed by atoms with E-state index in [9.17, 15) is 8.78 Å². The molecule has 0 aliphatic heterocycles. The van der Waals surface area contributed by atoms with Gasteiger partial charge in [-0.05, 0) is 29.7 Å². The fraction of sp³-hybridized carbons (Fsp3) is 0.400. The number of unbranched alkanes of at least 4 members (excludes halogenated alkanes) is 5. The zero-order chi connectivity index (χ0) is 16.5. The summed E-state index contributed by atoms with van der Waals surface area (Å²) in [4.78, 5) is 0. The highest BCUT2D eigenvalue weighted by atomic mass is 19.1. The number of hydrogen-bond acceptors (Lipinski definition) is 1. The van der Waals surface area contributed by atoms with Gasteiger partial charge >= 0.3 is 0 Å². The Balaban J connectivity index is 1.91. The van der Waals surface area contributed by atoms with E-state index in [2.05, 4.69) is 6.92 Å². The van der Waals surface area contributed by atoms with Gasteiger partial charge in [0.2, 0.25) is 0 Å². The number of hydrogen-bond donors (Lipinski definition) is 0. The van der Waals surface area contributed by atoms with Crippen LogP contribution in [-0.2, 0) is 0 Å². The van der Waals surface area contributed by atoms with Gasteiger partial charge in [-0.15, -0.1) is 0 Å². The second-order valence-corrected chi connectivity index (χ2v) is 5.75. The van der Waals surface area contributed by atoms with Crippen LogP contribution in [0.15, 0.2) is 42.5 Å². The van der Waals surface area contributed by atoms with E-state index in [1.165, 1.54) is 31.4 Å². The molecule has 2 aromatic rings. The van der Waals surface area contributed by atoms with Gasteiger partial charge in [-0.1, -0.05) is 69.4 Å². The van der Waals surface area contributed by atoms with Crippen LogP contribution in [0.2, 0.25) is 0 Å². The number of ether oxygens (including phenoxy) is 1. The molecule has 0 radical (unpaired) electrons. The topological polar surface area (TPSA) is 9.23 Å². The maximum Gasteiger partial charge on any atom is 0.190 e. The molecule has 0 amide bonds. The molecule has 0 heterocycles. The van der Waals surface area contributed by atoms with Crippen LogP contribution in [0.25, 0.3) is 11.1 Å². The minimum atomic E-state index is -0.644. The van der Waals surface area contributed by atoms with E-state index in [1.807, 2.05) is 30.3 Å². The van der Waals surface area contributed by atoms with Gasteiger partial charge in [-0.25, -0.2) is 8.78 Å². The first-order chi connectivity index (χ1) is 11.2. The van der Waals surface area contributed by atoms with Gasteiger partial charge in [-0.2, -0.15) is 0 Å². The quantitative estimate of drug-likeness (QED) is 0.488. The van der Waals surface area contributed by atoms with E-state index >= 15 is 0 Å². The molecule has 0 N–H and O–H groups in total. The lowest BCUT2D eigenvalue weighted by atomic mass is 10.1. The van der Waals surface area contributed by atoms with Crippen molar-refractivity contribution in [3.63, 3.8) is 0 Å². The molecule has 0 bridgehead atoms. The molecule has 1 nitrogen and oxygen atoms in total. The average molecular weight is 318 g/mol. The summed E-state index contributed by atoms with van der Waals surface area (Å²) in [7, 11) is 0. The fourth-order valence-electron chi connectivity index (χ4n) is 2.55. The Morgan fingerprint density at radius 3 is 2.04 bits per heavy atom. The predicted octanol–water partition coefficient (Wildman–Crippen LogP) is 6.37. The molecule has 0 spiro atoms. The molecular formula is C20H24F2O. The molecular weight excluding hydrogens is 294 g/mol. The molecule has 0 saturated heterocycles. The molecule has 0 aromatic heterocycles. The third-order valence-electron chi connectivity index (χ3n) is 3.85. The van der Waals surface area contributed by atoms with Gasteiger partial charge < -0.3 is 4.74 Å². The number of benzene rings is 2. The number of rotatable bonds is 9. The standard InChI is InChI=1S/C20H24F2O/c1-2-3-4-5-6-10-13-23-20-18(21)14-17(15-19(20)22)16-11-8-7-9-12-16/h7-9,11-12,14-15H,2-6,10,13H2,1H3. The lowest BCUT2D eigenvalue weighted by Crippen LogP contribution is -2.02. The van der Waals surface area contributed by atoms with Gasteiger partial charge in [-0.3, -0.25) is 0 Å². The first-order valence-corrected chi connectivity index (χ1v) is 8.39. The second kappa shape index (κ2) is 9.29. The smallest absolute Gasteiger partial charge is 0.190 e. The molecule has 124 valence electrons. The molecule has 0 fully saturated rings. The van der Waals surface area contributed by atoms with Crippen LogP contribution < -0.4 is 4.74 Å². The van der Waals surface area contributed by atoms with Crippen LogP contribution >= 0.6 is 0 Å². The summed E-state index contributed by atoms with van der Waals surface area (Å²) in [6.45, 7) is 2.53. The zero-order valence-electron chi connectivity index (χ0n) is 13.7. The van der Waals surface area contributed by atoms with Crippen molar-refractivity contribution in [2.45, 2.75) is 45.4 Å². The van der Waals surface area contributed by atoms with E-state index in [0.717, 1.165) is 24.8 Å². The zero-order valence-corrected chi connectivity index (χ0v) is 13.7. The Hall–Kier alpha value is -1.90. The number of halogens is 2. The first kappa shape index (κ1) is 17.5. The summed E-state index contributed by atoms with van der Waals surface area (Å²) in [6.07, 6.45) is 6.67. The third kappa shape index (κ3) is 5.34. The van der Waals surface area contributed by atoms with Crippen LogP contribution in [0.5, 0.6) is 5.75 Å². The molecule has 2 aromatic carbocycles. The van der Waals surface area contributed by atoms with Crippen LogP contribution in [0, 0.1) is 11.6 Å². The van der Waals surface area contributed by atoms with E-state index in [1.54, 1.807) is 0 Å². The molecule has 0 atom stereocenters. The summed E-state index contributed by atoms with van der Waals surface area (Å²) in [5.74, 6) is -1.55. The van der Waals surface area contributed by atoms with E-state index in [0.29, 0.717) is 12.2 Å².